The minimum atomic E-state index is 0.908. The van der Waals surface area contributed by atoms with Crippen LogP contribution in [0.5, 0.6) is 0 Å². The molecule has 0 radical (unpaired) electrons. The van der Waals surface area contributed by atoms with Gasteiger partial charge in [-0.15, -0.1) is 0 Å². The Morgan fingerprint density at radius 1 is 1.38 bits per heavy atom. The number of unbranched alkanes of at least 4 members (excludes halogenated alkanes) is 1. The largest absolute Gasteiger partial charge is 0.374 e. The highest BCUT2D eigenvalue weighted by atomic mass is 79.9. The molecule has 0 aliphatic heterocycles. The van der Waals surface area contributed by atoms with Crippen molar-refractivity contribution >= 4 is 21.6 Å². The maximum Gasteiger partial charge on any atom is 0.0410 e. The quantitative estimate of drug-likeness (QED) is 0.861. The zero-order chi connectivity index (χ0) is 12.0. The van der Waals surface area contributed by atoms with E-state index in [0.717, 1.165) is 17.6 Å². The lowest BCUT2D eigenvalue weighted by Gasteiger charge is -2.22. The van der Waals surface area contributed by atoms with Crippen LogP contribution in [-0.2, 0) is 6.54 Å². The Labute approximate surface area is 107 Å². The van der Waals surface area contributed by atoms with Crippen molar-refractivity contribution in [2.75, 3.05) is 25.5 Å². The van der Waals surface area contributed by atoms with E-state index in [9.17, 15) is 0 Å². The fraction of sp³-hybridized carbons (Fsp3) is 0.538. The summed E-state index contributed by atoms with van der Waals surface area (Å²) < 4.78 is 1.14. The lowest BCUT2D eigenvalue weighted by atomic mass is 10.1. The summed E-state index contributed by atoms with van der Waals surface area (Å²) >= 11 is 3.52. The monoisotopic (exact) mass is 284 g/mol. The van der Waals surface area contributed by atoms with Crippen LogP contribution in [0.25, 0.3) is 0 Å². The van der Waals surface area contributed by atoms with Gasteiger partial charge in [-0.1, -0.05) is 29.3 Å². The van der Waals surface area contributed by atoms with Crippen LogP contribution >= 0.6 is 15.9 Å². The molecule has 0 atom stereocenters. The Kier molecular flexibility index (Phi) is 5.85. The van der Waals surface area contributed by atoms with Crippen LogP contribution < -0.4 is 10.2 Å². The molecule has 0 fully saturated rings. The number of hydrogen-bond donors (Lipinski definition) is 1. The van der Waals surface area contributed by atoms with Crippen molar-refractivity contribution in [1.82, 2.24) is 5.32 Å². The van der Waals surface area contributed by atoms with E-state index < -0.39 is 0 Å². The van der Waals surface area contributed by atoms with Gasteiger partial charge in [-0.25, -0.2) is 0 Å². The van der Waals surface area contributed by atoms with E-state index in [4.69, 9.17) is 0 Å². The van der Waals surface area contributed by atoms with Crippen molar-refractivity contribution in [1.29, 1.82) is 0 Å². The van der Waals surface area contributed by atoms with E-state index in [0.29, 0.717) is 0 Å². The molecule has 2 nitrogen and oxygen atoms in total. The van der Waals surface area contributed by atoms with Crippen molar-refractivity contribution in [2.45, 2.75) is 26.3 Å². The third kappa shape index (κ3) is 3.80. The van der Waals surface area contributed by atoms with E-state index in [1.165, 1.54) is 24.1 Å². The second-order valence-corrected chi connectivity index (χ2v) is 4.99. The van der Waals surface area contributed by atoms with Crippen LogP contribution in [0.4, 0.5) is 5.69 Å². The summed E-state index contributed by atoms with van der Waals surface area (Å²) in [6, 6.07) is 6.48. The summed E-state index contributed by atoms with van der Waals surface area (Å²) in [4.78, 5) is 2.34. The summed E-state index contributed by atoms with van der Waals surface area (Å²) in [5.41, 5.74) is 2.67. The highest BCUT2D eigenvalue weighted by Gasteiger charge is 2.06. The molecule has 0 aliphatic rings. The van der Waals surface area contributed by atoms with Gasteiger partial charge in [-0.3, -0.25) is 0 Å². The first kappa shape index (κ1) is 13.5. The third-order valence-corrected chi connectivity index (χ3v) is 3.16. The molecule has 1 aromatic rings. The molecule has 0 unspecified atom stereocenters. The maximum absolute atomic E-state index is 3.52. The van der Waals surface area contributed by atoms with Crippen molar-refractivity contribution in [3.8, 4) is 0 Å². The van der Waals surface area contributed by atoms with E-state index in [1.54, 1.807) is 0 Å². The van der Waals surface area contributed by atoms with Gasteiger partial charge in [0.25, 0.3) is 0 Å². The Morgan fingerprint density at radius 3 is 2.75 bits per heavy atom. The van der Waals surface area contributed by atoms with E-state index >= 15 is 0 Å². The van der Waals surface area contributed by atoms with Gasteiger partial charge < -0.3 is 10.2 Å². The van der Waals surface area contributed by atoms with Gasteiger partial charge in [0.15, 0.2) is 0 Å². The summed E-state index contributed by atoms with van der Waals surface area (Å²) in [6.45, 7) is 4.25. The minimum absolute atomic E-state index is 0.908. The van der Waals surface area contributed by atoms with Gasteiger partial charge in [0.1, 0.15) is 0 Å². The summed E-state index contributed by atoms with van der Waals surface area (Å²) in [5, 5.41) is 3.22. The second-order valence-electron chi connectivity index (χ2n) is 4.08. The molecule has 1 N–H and O–H groups in total. The average Bonchev–Trinajstić information content (AvgIpc) is 2.26. The maximum atomic E-state index is 3.52. The zero-order valence-corrected chi connectivity index (χ0v) is 12.0. The first-order valence-corrected chi connectivity index (χ1v) is 6.62. The number of halogens is 1. The van der Waals surface area contributed by atoms with Gasteiger partial charge in [-0.2, -0.15) is 0 Å². The Hall–Kier alpha value is -0.540. The molecule has 16 heavy (non-hydrogen) atoms. The number of nitrogens with one attached hydrogen (secondary N) is 1. The zero-order valence-electron chi connectivity index (χ0n) is 10.4. The minimum Gasteiger partial charge on any atom is -0.374 e. The summed E-state index contributed by atoms with van der Waals surface area (Å²) in [6.07, 6.45) is 2.48. The molecule has 0 bridgehead atoms. The second kappa shape index (κ2) is 6.92. The first-order chi connectivity index (χ1) is 7.69. The molecule has 0 saturated heterocycles. The fourth-order valence-corrected chi connectivity index (χ4v) is 2.18. The lowest BCUT2D eigenvalue weighted by molar-refractivity contribution is 0.754. The molecule has 0 amide bonds. The Morgan fingerprint density at radius 2 is 2.12 bits per heavy atom. The van der Waals surface area contributed by atoms with Crippen LogP contribution in [0.15, 0.2) is 22.7 Å². The highest BCUT2D eigenvalue weighted by Crippen LogP contribution is 2.24. The molecule has 1 rings (SSSR count). The normalized spacial score (nSPS) is 10.5. The van der Waals surface area contributed by atoms with Gasteiger partial charge in [0.05, 0.1) is 0 Å². The summed E-state index contributed by atoms with van der Waals surface area (Å²) in [5.74, 6) is 0. The number of benzene rings is 1. The molecule has 0 aliphatic carbocycles. The van der Waals surface area contributed by atoms with Crippen molar-refractivity contribution in [3.05, 3.63) is 28.2 Å². The van der Waals surface area contributed by atoms with Crippen molar-refractivity contribution < 1.29 is 0 Å². The molecule has 0 heterocycles. The average molecular weight is 285 g/mol. The van der Waals surface area contributed by atoms with Crippen LogP contribution in [-0.4, -0.2) is 20.6 Å². The van der Waals surface area contributed by atoms with Gasteiger partial charge >= 0.3 is 0 Å². The molecule has 0 aromatic heterocycles. The molecule has 90 valence electrons. The van der Waals surface area contributed by atoms with E-state index in [1.807, 2.05) is 7.05 Å². The highest BCUT2D eigenvalue weighted by molar-refractivity contribution is 9.10. The van der Waals surface area contributed by atoms with Crippen molar-refractivity contribution in [3.63, 3.8) is 0 Å². The number of anilines is 1. The van der Waals surface area contributed by atoms with Crippen molar-refractivity contribution in [2.24, 2.45) is 0 Å². The fourth-order valence-electron chi connectivity index (χ4n) is 1.77. The van der Waals surface area contributed by atoms with Gasteiger partial charge in [0.2, 0.25) is 0 Å². The molecule has 3 heteroatoms. The SMILES string of the molecule is CCCCN(C)c1ccc(Br)cc1CNC. The predicted octanol–water partition coefficient (Wildman–Crippen LogP) is 3.40. The van der Waals surface area contributed by atoms with E-state index in [-0.39, 0.29) is 0 Å². The topological polar surface area (TPSA) is 15.3 Å². The lowest BCUT2D eigenvalue weighted by Crippen LogP contribution is -2.21. The smallest absolute Gasteiger partial charge is 0.0410 e. The summed E-state index contributed by atoms with van der Waals surface area (Å²) in [7, 11) is 4.15. The Bertz CT molecular complexity index is 326. The molecule has 0 spiro atoms. The number of hydrogen-bond acceptors (Lipinski definition) is 2. The predicted molar refractivity (Wildman–Crippen MR) is 75.1 cm³/mol. The standard InChI is InChI=1S/C13H21BrN2/c1-4-5-8-16(3)13-7-6-12(14)9-11(13)10-15-2/h6-7,9,15H,4-5,8,10H2,1-3H3. The molecule has 0 saturated carbocycles. The van der Waals surface area contributed by atoms with Crippen LogP contribution in [0.2, 0.25) is 0 Å². The van der Waals surface area contributed by atoms with Gasteiger partial charge in [-0.05, 0) is 37.2 Å². The van der Waals surface area contributed by atoms with Gasteiger partial charge in [0, 0.05) is 30.3 Å². The number of nitrogens with zero attached hydrogens (tertiary/aromatic N) is 1. The molecular weight excluding hydrogens is 264 g/mol. The van der Waals surface area contributed by atoms with Crippen LogP contribution in [0.3, 0.4) is 0 Å². The third-order valence-electron chi connectivity index (χ3n) is 2.67. The molecule has 1 aromatic carbocycles. The number of rotatable bonds is 6. The Balaban J connectivity index is 2.84. The first-order valence-electron chi connectivity index (χ1n) is 5.83. The van der Waals surface area contributed by atoms with Crippen LogP contribution in [0.1, 0.15) is 25.3 Å². The van der Waals surface area contributed by atoms with Crippen LogP contribution in [0, 0.1) is 0 Å². The molecular formula is C13H21BrN2. The van der Waals surface area contributed by atoms with E-state index in [2.05, 4.69) is 58.3 Å².